The number of benzene rings is 2. The first-order valence-electron chi connectivity index (χ1n) is 21.7. The van der Waals surface area contributed by atoms with Crippen LogP contribution in [0, 0.1) is 35.1 Å². The van der Waals surface area contributed by atoms with Crippen LogP contribution >= 0.6 is 23.5 Å². The van der Waals surface area contributed by atoms with Crippen LogP contribution in [0.3, 0.4) is 0 Å². The highest BCUT2D eigenvalue weighted by atomic mass is 32.2. The molecule has 0 N–H and O–H groups in total. The fourth-order valence-corrected chi connectivity index (χ4v) is 11.2. The Bertz CT molecular complexity index is 2330. The van der Waals surface area contributed by atoms with Crippen LogP contribution in [0.2, 0.25) is 0 Å². The average molecular weight is 915 g/mol. The van der Waals surface area contributed by atoms with Crippen molar-refractivity contribution in [2.24, 2.45) is 25.9 Å². The van der Waals surface area contributed by atoms with Gasteiger partial charge >= 0.3 is 0 Å². The molecule has 10 rings (SSSR count). The van der Waals surface area contributed by atoms with Gasteiger partial charge < -0.3 is 28.7 Å². The summed E-state index contributed by atoms with van der Waals surface area (Å²) in [4.78, 5) is 25.9. The van der Waals surface area contributed by atoms with Crippen molar-refractivity contribution in [3.63, 3.8) is 0 Å². The first kappa shape index (κ1) is 44.0. The first-order valence-corrected chi connectivity index (χ1v) is 23.6. The molecule has 20 heteroatoms. The van der Waals surface area contributed by atoms with Crippen LogP contribution < -0.4 is 9.80 Å². The minimum absolute atomic E-state index is 0.302. The van der Waals surface area contributed by atoms with Crippen molar-refractivity contribution in [1.82, 2.24) is 59.3 Å². The maximum absolute atomic E-state index is 14.3. The summed E-state index contributed by atoms with van der Waals surface area (Å²) in [7, 11) is 3.88. The van der Waals surface area contributed by atoms with Gasteiger partial charge in [-0.05, 0) is 74.9 Å². The maximum atomic E-state index is 14.3. The van der Waals surface area contributed by atoms with Crippen molar-refractivity contribution in [3.8, 4) is 23.0 Å². The summed E-state index contributed by atoms with van der Waals surface area (Å²) in [5.74, 6) is 2.39. The summed E-state index contributed by atoms with van der Waals surface area (Å²) in [5.41, 5.74) is 2.47. The smallest absolute Gasteiger partial charge is 0.191 e. The summed E-state index contributed by atoms with van der Waals surface area (Å²) in [6, 6.07) is 8.40. The lowest BCUT2D eigenvalue weighted by molar-refractivity contribution is 0.319. The van der Waals surface area contributed by atoms with Gasteiger partial charge in [0.25, 0.3) is 0 Å². The van der Waals surface area contributed by atoms with E-state index in [0.29, 0.717) is 58.3 Å². The monoisotopic (exact) mass is 914 g/mol. The molecule has 0 aliphatic carbocycles. The zero-order valence-electron chi connectivity index (χ0n) is 35.7. The van der Waals surface area contributed by atoms with E-state index in [1.165, 1.54) is 12.1 Å². The standard InChI is InChI=1S/2C22H25F2N7S/c2*1-29-21(18-12-25-6-7-26-18)27-28-22(29)32-10-2-8-30-13-15-5-9-31(20(15)14-30)19-4-3-16(23)11-17(19)24/h2*3-4,6-7,11-12,15,20H,2,5,8-10,13-14H2,1H3/t2*15-,20+/m10/s1. The van der Waals surface area contributed by atoms with Gasteiger partial charge in [0.15, 0.2) is 22.0 Å². The maximum Gasteiger partial charge on any atom is 0.191 e. The van der Waals surface area contributed by atoms with Crippen molar-refractivity contribution < 1.29 is 17.6 Å². The number of hydrogen-bond acceptors (Lipinski definition) is 14. The van der Waals surface area contributed by atoms with Crippen molar-refractivity contribution in [1.29, 1.82) is 0 Å². The highest BCUT2D eigenvalue weighted by molar-refractivity contribution is 7.99. The number of aromatic nitrogens is 10. The summed E-state index contributed by atoms with van der Waals surface area (Å²) in [6.45, 7) is 7.58. The molecule has 2 aromatic carbocycles. The Morgan fingerprint density at radius 3 is 1.44 bits per heavy atom. The van der Waals surface area contributed by atoms with Crippen molar-refractivity contribution in [2.45, 2.75) is 48.1 Å². The lowest BCUT2D eigenvalue weighted by Crippen LogP contribution is -2.36. The SMILES string of the molecule is Cn1c(SCCCN2C[C@@H]3CCN(c4ccc(F)cc4F)[C@@H]3C2)nnc1-c1cnccn1.Cn1c(SCCCN2C[C@H]3CCN(c4ccc(F)cc4F)[C@H]3C2)nnc1-c1cnccn1. The molecule has 4 aromatic heterocycles. The van der Waals surface area contributed by atoms with E-state index in [1.807, 2.05) is 23.2 Å². The van der Waals surface area contributed by atoms with E-state index < -0.39 is 23.3 Å². The zero-order chi connectivity index (χ0) is 44.2. The van der Waals surface area contributed by atoms with E-state index in [-0.39, 0.29) is 0 Å². The number of thioether (sulfide) groups is 2. The van der Waals surface area contributed by atoms with E-state index in [0.717, 1.165) is 112 Å². The lowest BCUT2D eigenvalue weighted by Gasteiger charge is -2.27. The molecular weight excluding hydrogens is 865 g/mol. The lowest BCUT2D eigenvalue weighted by atomic mass is 10.0. The summed E-state index contributed by atoms with van der Waals surface area (Å²) in [6.07, 6.45) is 14.1. The van der Waals surface area contributed by atoms with Gasteiger partial charge in [-0.15, -0.1) is 20.4 Å². The fraction of sp³-hybridized carbons (Fsp3) is 0.455. The molecule has 4 aliphatic rings. The van der Waals surface area contributed by atoms with Crippen LogP contribution in [0.4, 0.5) is 28.9 Å². The Hall–Kier alpha value is -5.18. The summed E-state index contributed by atoms with van der Waals surface area (Å²) >= 11 is 3.37. The fourth-order valence-electron chi connectivity index (χ4n) is 9.55. The van der Waals surface area contributed by atoms with E-state index in [4.69, 9.17) is 0 Å². The van der Waals surface area contributed by atoms with E-state index in [9.17, 15) is 17.6 Å². The Morgan fingerprint density at radius 2 is 1.03 bits per heavy atom. The molecular formula is C44H50F4N14S2. The van der Waals surface area contributed by atoms with Gasteiger partial charge in [-0.25, -0.2) is 27.5 Å². The first-order chi connectivity index (χ1) is 31.2. The molecule has 0 spiro atoms. The quantitative estimate of drug-likeness (QED) is 0.0672. The third-order valence-corrected chi connectivity index (χ3v) is 14.9. The van der Waals surface area contributed by atoms with Gasteiger partial charge in [0.1, 0.15) is 34.7 Å². The number of likely N-dealkylation sites (tertiary alicyclic amines) is 2. The van der Waals surface area contributed by atoms with E-state index in [2.05, 4.69) is 59.9 Å². The van der Waals surface area contributed by atoms with Crippen LogP contribution in [0.15, 0.2) is 83.9 Å². The number of hydrogen-bond donors (Lipinski definition) is 0. The second kappa shape index (κ2) is 19.9. The third-order valence-electron chi connectivity index (χ3n) is 12.6. The summed E-state index contributed by atoms with van der Waals surface area (Å²) in [5, 5.41) is 18.8. The molecule has 4 saturated heterocycles. The van der Waals surface area contributed by atoms with Crippen LogP contribution in [0.1, 0.15) is 25.7 Å². The Balaban J connectivity index is 0.000000162. The van der Waals surface area contributed by atoms with E-state index >= 15 is 0 Å². The molecule has 4 aliphatic heterocycles. The number of halogens is 4. The number of nitrogens with zero attached hydrogens (tertiary/aromatic N) is 14. The molecule has 336 valence electrons. The zero-order valence-corrected chi connectivity index (χ0v) is 37.4. The summed E-state index contributed by atoms with van der Waals surface area (Å²) < 4.78 is 59.1. The van der Waals surface area contributed by atoms with Gasteiger partial charge in [-0.3, -0.25) is 9.97 Å². The second-order valence-electron chi connectivity index (χ2n) is 16.6. The Kier molecular flexibility index (Phi) is 13.7. The van der Waals surface area contributed by atoms with Crippen molar-refractivity contribution >= 4 is 34.9 Å². The highest BCUT2D eigenvalue weighted by Gasteiger charge is 2.43. The Labute approximate surface area is 377 Å². The molecule has 0 amide bonds. The Morgan fingerprint density at radius 1 is 0.578 bits per heavy atom. The topological polar surface area (TPSA) is 126 Å². The number of fused-ring (bicyclic) bond motifs is 2. The minimum atomic E-state index is -0.528. The van der Waals surface area contributed by atoms with Gasteiger partial charge in [-0.1, -0.05) is 23.5 Å². The molecule has 6 aromatic rings. The second-order valence-corrected chi connectivity index (χ2v) is 18.8. The predicted octanol–water partition coefficient (Wildman–Crippen LogP) is 6.49. The molecule has 0 bridgehead atoms. The normalized spacial score (nSPS) is 20.8. The highest BCUT2D eigenvalue weighted by Crippen LogP contribution is 2.38. The third kappa shape index (κ3) is 9.74. The molecule has 4 atom stereocenters. The van der Waals surface area contributed by atoms with Gasteiger partial charge in [0, 0.05) is 114 Å². The predicted molar refractivity (Wildman–Crippen MR) is 239 cm³/mol. The molecule has 8 heterocycles. The number of rotatable bonds is 14. The molecule has 14 nitrogen and oxygen atoms in total. The largest absolute Gasteiger partial charge is 0.365 e. The van der Waals surface area contributed by atoms with Gasteiger partial charge in [0.2, 0.25) is 0 Å². The molecule has 64 heavy (non-hydrogen) atoms. The molecule has 4 fully saturated rings. The van der Waals surface area contributed by atoms with Gasteiger partial charge in [0.05, 0.1) is 23.8 Å². The van der Waals surface area contributed by atoms with Crippen molar-refractivity contribution in [3.05, 3.63) is 96.8 Å². The van der Waals surface area contributed by atoms with Crippen LogP contribution in [-0.4, -0.2) is 135 Å². The minimum Gasteiger partial charge on any atom is -0.365 e. The van der Waals surface area contributed by atoms with Crippen molar-refractivity contribution in [2.75, 3.05) is 73.7 Å². The van der Waals surface area contributed by atoms with E-state index in [1.54, 1.807) is 72.8 Å². The van der Waals surface area contributed by atoms with Gasteiger partial charge in [-0.2, -0.15) is 0 Å². The average Bonchev–Trinajstić information content (AvgIpc) is 4.16. The van der Waals surface area contributed by atoms with Crippen LogP contribution in [-0.2, 0) is 14.1 Å². The van der Waals surface area contributed by atoms with Crippen LogP contribution in [0.25, 0.3) is 23.0 Å². The molecule has 0 unspecified atom stereocenters. The number of anilines is 2. The molecule has 0 saturated carbocycles. The molecule has 0 radical (unpaired) electrons. The van der Waals surface area contributed by atoms with Crippen LogP contribution in [0.5, 0.6) is 0 Å².